The Balaban J connectivity index is 2.30. The van der Waals surface area contributed by atoms with Crippen molar-refractivity contribution in [3.8, 4) is 0 Å². The molecule has 0 bridgehead atoms. The van der Waals surface area contributed by atoms with Crippen LogP contribution in [0.1, 0.15) is 49.0 Å². The monoisotopic (exact) mass is 299 g/mol. The molecule has 116 valence electrons. The standard InChI is InChI=1S/C16H20F3NO/c1-15(2)6-3-8-20(9-7-15)13-5-4-12(11-21)14(10-13)16(17,18)19/h4-5,10-11H,3,6-9H2,1-2H3. The molecule has 1 aliphatic rings. The molecule has 1 aromatic carbocycles. The molecule has 1 fully saturated rings. The normalized spacial score (nSPS) is 19.2. The van der Waals surface area contributed by atoms with Crippen molar-refractivity contribution < 1.29 is 18.0 Å². The Kier molecular flexibility index (Phi) is 4.30. The van der Waals surface area contributed by atoms with E-state index < -0.39 is 11.7 Å². The van der Waals surface area contributed by atoms with Crippen LogP contribution in [0, 0.1) is 5.41 Å². The molecule has 1 saturated heterocycles. The van der Waals surface area contributed by atoms with E-state index in [0.29, 0.717) is 5.69 Å². The lowest BCUT2D eigenvalue weighted by Crippen LogP contribution is -2.25. The van der Waals surface area contributed by atoms with Crippen LogP contribution in [0.25, 0.3) is 0 Å². The van der Waals surface area contributed by atoms with Crippen molar-refractivity contribution >= 4 is 12.0 Å². The summed E-state index contributed by atoms with van der Waals surface area (Å²) in [5.74, 6) is 0. The molecule has 1 aromatic rings. The maximum atomic E-state index is 13.0. The Morgan fingerprint density at radius 3 is 2.52 bits per heavy atom. The van der Waals surface area contributed by atoms with Crippen molar-refractivity contribution in [1.82, 2.24) is 0 Å². The van der Waals surface area contributed by atoms with Gasteiger partial charge in [-0.15, -0.1) is 0 Å². The highest BCUT2D eigenvalue weighted by Crippen LogP contribution is 2.36. The fourth-order valence-corrected chi connectivity index (χ4v) is 2.77. The average molecular weight is 299 g/mol. The topological polar surface area (TPSA) is 20.3 Å². The number of hydrogen-bond acceptors (Lipinski definition) is 2. The lowest BCUT2D eigenvalue weighted by atomic mass is 9.85. The SMILES string of the molecule is CC1(C)CCCN(c2ccc(C=O)c(C(F)(F)F)c2)CC1. The second-order valence-electron chi connectivity index (χ2n) is 6.39. The molecule has 0 N–H and O–H groups in total. The van der Waals surface area contributed by atoms with Gasteiger partial charge in [-0.25, -0.2) is 0 Å². The molecule has 0 amide bonds. The fraction of sp³-hybridized carbons (Fsp3) is 0.562. The van der Waals surface area contributed by atoms with Crippen LogP contribution >= 0.6 is 0 Å². The molecule has 0 atom stereocenters. The quantitative estimate of drug-likeness (QED) is 0.748. The maximum absolute atomic E-state index is 13.0. The predicted molar refractivity (Wildman–Crippen MR) is 76.7 cm³/mol. The third-order valence-electron chi connectivity index (χ3n) is 4.17. The highest BCUT2D eigenvalue weighted by atomic mass is 19.4. The summed E-state index contributed by atoms with van der Waals surface area (Å²) >= 11 is 0. The second-order valence-corrected chi connectivity index (χ2v) is 6.39. The van der Waals surface area contributed by atoms with Crippen LogP contribution in [-0.4, -0.2) is 19.4 Å². The van der Waals surface area contributed by atoms with Crippen molar-refractivity contribution in [2.75, 3.05) is 18.0 Å². The first-order chi connectivity index (χ1) is 9.73. The smallest absolute Gasteiger partial charge is 0.372 e. The third kappa shape index (κ3) is 3.77. The molecule has 0 unspecified atom stereocenters. The van der Waals surface area contributed by atoms with Crippen LogP contribution in [0.15, 0.2) is 18.2 Å². The summed E-state index contributed by atoms with van der Waals surface area (Å²) in [6.07, 6.45) is -1.26. The van der Waals surface area contributed by atoms with Gasteiger partial charge in [-0.05, 0) is 42.9 Å². The van der Waals surface area contributed by atoms with Gasteiger partial charge in [-0.1, -0.05) is 13.8 Å². The molecule has 21 heavy (non-hydrogen) atoms. The molecule has 1 heterocycles. The van der Waals surface area contributed by atoms with Gasteiger partial charge < -0.3 is 4.90 Å². The summed E-state index contributed by atoms with van der Waals surface area (Å²) in [5, 5.41) is 0. The number of rotatable bonds is 2. The van der Waals surface area contributed by atoms with Crippen molar-refractivity contribution in [2.45, 2.75) is 39.3 Å². The maximum Gasteiger partial charge on any atom is 0.417 e. The van der Waals surface area contributed by atoms with Crippen LogP contribution in [0.2, 0.25) is 0 Å². The van der Waals surface area contributed by atoms with Crippen LogP contribution in [0.3, 0.4) is 0 Å². The van der Waals surface area contributed by atoms with Crippen LogP contribution in [-0.2, 0) is 6.18 Å². The lowest BCUT2D eigenvalue weighted by Gasteiger charge is -2.25. The third-order valence-corrected chi connectivity index (χ3v) is 4.17. The number of alkyl halides is 3. The van der Waals surface area contributed by atoms with Gasteiger partial charge >= 0.3 is 6.18 Å². The highest BCUT2D eigenvalue weighted by molar-refractivity contribution is 5.79. The number of carbonyl (C=O) groups excluding carboxylic acids is 1. The summed E-state index contributed by atoms with van der Waals surface area (Å²) in [6, 6.07) is 3.97. The molecule has 0 aliphatic carbocycles. The first-order valence-corrected chi connectivity index (χ1v) is 7.14. The van der Waals surface area contributed by atoms with Crippen molar-refractivity contribution in [3.05, 3.63) is 29.3 Å². The summed E-state index contributed by atoms with van der Waals surface area (Å²) < 4.78 is 39.0. The number of halogens is 3. The Labute approximate surface area is 122 Å². The van der Waals surface area contributed by atoms with E-state index in [1.807, 2.05) is 4.90 Å². The molecular weight excluding hydrogens is 279 g/mol. The number of hydrogen-bond donors (Lipinski definition) is 0. The van der Waals surface area contributed by atoms with E-state index in [0.717, 1.165) is 38.4 Å². The summed E-state index contributed by atoms with van der Waals surface area (Å²) in [5.41, 5.74) is -0.379. The van der Waals surface area contributed by atoms with Gasteiger partial charge in [0.1, 0.15) is 0 Å². The molecule has 0 radical (unpaired) electrons. The van der Waals surface area contributed by atoms with E-state index in [-0.39, 0.29) is 17.3 Å². The zero-order chi connectivity index (χ0) is 15.7. The van der Waals surface area contributed by atoms with Gasteiger partial charge in [-0.2, -0.15) is 13.2 Å². The van der Waals surface area contributed by atoms with Gasteiger partial charge in [0.25, 0.3) is 0 Å². The van der Waals surface area contributed by atoms with E-state index >= 15 is 0 Å². The van der Waals surface area contributed by atoms with Gasteiger partial charge in [0.2, 0.25) is 0 Å². The predicted octanol–water partition coefficient (Wildman–Crippen LogP) is 4.53. The van der Waals surface area contributed by atoms with E-state index in [9.17, 15) is 18.0 Å². The van der Waals surface area contributed by atoms with Crippen molar-refractivity contribution in [1.29, 1.82) is 0 Å². The Bertz CT molecular complexity index is 523. The minimum atomic E-state index is -4.50. The Morgan fingerprint density at radius 2 is 1.90 bits per heavy atom. The minimum Gasteiger partial charge on any atom is -0.372 e. The van der Waals surface area contributed by atoms with Crippen molar-refractivity contribution in [2.24, 2.45) is 5.41 Å². The van der Waals surface area contributed by atoms with Gasteiger partial charge in [0, 0.05) is 24.3 Å². The summed E-state index contributed by atoms with van der Waals surface area (Å²) in [4.78, 5) is 12.8. The minimum absolute atomic E-state index is 0.227. The fourth-order valence-electron chi connectivity index (χ4n) is 2.77. The first kappa shape index (κ1) is 15.9. The summed E-state index contributed by atoms with van der Waals surface area (Å²) in [7, 11) is 0. The van der Waals surface area contributed by atoms with E-state index in [1.165, 1.54) is 6.07 Å². The van der Waals surface area contributed by atoms with Gasteiger partial charge in [0.05, 0.1) is 5.56 Å². The number of nitrogens with zero attached hydrogens (tertiary/aromatic N) is 1. The number of anilines is 1. The zero-order valence-corrected chi connectivity index (χ0v) is 12.3. The Morgan fingerprint density at radius 1 is 1.19 bits per heavy atom. The molecule has 2 nitrogen and oxygen atoms in total. The molecule has 0 spiro atoms. The molecule has 0 aromatic heterocycles. The zero-order valence-electron chi connectivity index (χ0n) is 12.3. The molecule has 5 heteroatoms. The largest absolute Gasteiger partial charge is 0.417 e. The van der Waals surface area contributed by atoms with Crippen LogP contribution in [0.5, 0.6) is 0 Å². The molecule has 1 aliphatic heterocycles. The number of aldehydes is 1. The highest BCUT2D eigenvalue weighted by Gasteiger charge is 2.34. The van der Waals surface area contributed by atoms with Crippen LogP contribution in [0.4, 0.5) is 18.9 Å². The average Bonchev–Trinajstić information content (AvgIpc) is 2.58. The summed E-state index contributed by atoms with van der Waals surface area (Å²) in [6.45, 7) is 5.87. The number of carbonyl (C=O) groups is 1. The van der Waals surface area contributed by atoms with Gasteiger partial charge in [-0.3, -0.25) is 4.79 Å². The van der Waals surface area contributed by atoms with Gasteiger partial charge in [0.15, 0.2) is 6.29 Å². The Hall–Kier alpha value is -1.52. The molecular formula is C16H20F3NO. The van der Waals surface area contributed by atoms with E-state index in [2.05, 4.69) is 13.8 Å². The molecule has 0 saturated carbocycles. The van der Waals surface area contributed by atoms with E-state index in [4.69, 9.17) is 0 Å². The first-order valence-electron chi connectivity index (χ1n) is 7.14. The van der Waals surface area contributed by atoms with Crippen LogP contribution < -0.4 is 4.90 Å². The second kappa shape index (κ2) is 5.70. The van der Waals surface area contributed by atoms with Crippen molar-refractivity contribution in [3.63, 3.8) is 0 Å². The van der Waals surface area contributed by atoms with E-state index in [1.54, 1.807) is 6.07 Å². The number of benzene rings is 1. The molecule has 2 rings (SSSR count). The lowest BCUT2D eigenvalue weighted by molar-refractivity contribution is -0.137.